The summed E-state index contributed by atoms with van der Waals surface area (Å²) in [5.41, 5.74) is 0.450. The van der Waals surface area contributed by atoms with Gasteiger partial charge in [-0.25, -0.2) is 4.79 Å². The van der Waals surface area contributed by atoms with Crippen LogP contribution in [0.5, 0.6) is 5.75 Å². The van der Waals surface area contributed by atoms with Crippen molar-refractivity contribution >= 4 is 12.9 Å². The Labute approximate surface area is 153 Å². The molecule has 0 spiro atoms. The number of rotatable bonds is 7. The number of quaternary nitrogens is 1. The maximum atomic E-state index is 12.3. The number of esters is 1. The second-order valence-electron chi connectivity index (χ2n) is 7.25. The minimum absolute atomic E-state index is 0.111. The van der Waals surface area contributed by atoms with E-state index >= 15 is 0 Å². The zero-order valence-electron chi connectivity index (χ0n) is 15.2. The number of para-hydroxylation sites is 1. The van der Waals surface area contributed by atoms with Crippen LogP contribution in [0.15, 0.2) is 24.3 Å². The fraction of sp³-hybridized carbons (Fsp3) is 0.611. The number of hydrogen-bond acceptors (Lipinski definition) is 6. The second kappa shape index (κ2) is 7.19. The van der Waals surface area contributed by atoms with Gasteiger partial charge in [0.05, 0.1) is 39.5 Å². The second-order valence-corrected chi connectivity index (χ2v) is 7.25. The molecule has 1 aromatic rings. The van der Waals surface area contributed by atoms with E-state index in [0.717, 1.165) is 36.9 Å². The van der Waals surface area contributed by atoms with Gasteiger partial charge in [-0.3, -0.25) is 0 Å². The van der Waals surface area contributed by atoms with E-state index in [0.29, 0.717) is 37.7 Å². The van der Waals surface area contributed by atoms with Gasteiger partial charge in [0.1, 0.15) is 24.0 Å². The van der Waals surface area contributed by atoms with Gasteiger partial charge >= 0.3 is 12.9 Å². The van der Waals surface area contributed by atoms with Crippen molar-refractivity contribution < 1.29 is 32.6 Å². The molecule has 3 fully saturated rings. The molecular formula is C18H26BNO6. The van der Waals surface area contributed by atoms with Crippen LogP contribution in [0, 0.1) is 0 Å². The fourth-order valence-electron chi connectivity index (χ4n) is 4.19. The Morgan fingerprint density at radius 3 is 2.77 bits per heavy atom. The van der Waals surface area contributed by atoms with Gasteiger partial charge in [-0.15, -0.1) is 0 Å². The molecule has 0 bridgehead atoms. The highest BCUT2D eigenvalue weighted by Crippen LogP contribution is 2.41. The Balaban J connectivity index is 1.38. The summed E-state index contributed by atoms with van der Waals surface area (Å²) in [6.07, 6.45) is 1.73. The topological polar surface area (TPSA) is 63.2 Å². The lowest BCUT2D eigenvalue weighted by molar-refractivity contribution is -0.816. The molecule has 3 heterocycles. The van der Waals surface area contributed by atoms with Crippen molar-refractivity contribution in [3.05, 3.63) is 29.8 Å². The Hall–Kier alpha value is -1.61. The van der Waals surface area contributed by atoms with Gasteiger partial charge in [-0.2, -0.15) is 0 Å². The third kappa shape index (κ3) is 3.01. The third-order valence-corrected chi connectivity index (χ3v) is 5.60. The van der Waals surface area contributed by atoms with Crippen molar-refractivity contribution in [2.75, 3.05) is 46.1 Å². The molecule has 0 radical (unpaired) electrons. The monoisotopic (exact) mass is 363 g/mol. The third-order valence-electron chi connectivity index (χ3n) is 5.60. The lowest BCUT2D eigenvalue weighted by Gasteiger charge is -2.37. The number of ether oxygens (including phenoxy) is 2. The van der Waals surface area contributed by atoms with Crippen LogP contribution in [-0.4, -0.2) is 69.4 Å². The number of nitrogens with zero attached hydrogens (tertiary/aromatic N) is 1. The first-order valence-corrected chi connectivity index (χ1v) is 9.52. The molecule has 0 N–H and O–H groups in total. The minimum atomic E-state index is -1.68. The van der Waals surface area contributed by atoms with Gasteiger partial charge in [0.2, 0.25) is 0 Å². The SMILES string of the molecule is CCCCOC(=O)c1ccccc1OCC1C[N+]23CCO[B-]2(OCC3)O1. The number of benzene rings is 1. The van der Waals surface area contributed by atoms with Crippen molar-refractivity contribution in [2.45, 2.75) is 25.9 Å². The Bertz CT molecular complexity index is 639. The van der Waals surface area contributed by atoms with Crippen LogP contribution >= 0.6 is 0 Å². The summed E-state index contributed by atoms with van der Waals surface area (Å²) in [5.74, 6) is 0.177. The van der Waals surface area contributed by atoms with Crippen molar-refractivity contribution in [3.63, 3.8) is 0 Å². The standard InChI is InChI=1S/C18H26BNO6/c1-2-3-10-22-18(21)16-6-4-5-7-17(16)23-14-15-13-20-8-11-24-19(20,26-15)25-12-9-20/h4-7,15H,2-3,8-14H2,1H3. The average molecular weight is 363 g/mol. The van der Waals surface area contributed by atoms with Gasteiger partial charge in [0.15, 0.2) is 0 Å². The van der Waals surface area contributed by atoms with E-state index in [1.54, 1.807) is 12.1 Å². The largest absolute Gasteiger partial charge is 0.625 e. The number of carbonyl (C=O) groups is 1. The van der Waals surface area contributed by atoms with Crippen LogP contribution in [0.1, 0.15) is 30.1 Å². The van der Waals surface area contributed by atoms with Gasteiger partial charge in [0.25, 0.3) is 0 Å². The molecule has 0 amide bonds. The smallest absolute Gasteiger partial charge is 0.490 e. The molecule has 0 aromatic heterocycles. The molecule has 1 atom stereocenters. The van der Waals surface area contributed by atoms with Gasteiger partial charge < -0.3 is 27.8 Å². The summed E-state index contributed by atoms with van der Waals surface area (Å²) < 4.78 is 29.8. The lowest BCUT2D eigenvalue weighted by atomic mass is 9.94. The highest BCUT2D eigenvalue weighted by molar-refractivity contribution is 6.54. The van der Waals surface area contributed by atoms with Crippen LogP contribution in [0.4, 0.5) is 0 Å². The maximum absolute atomic E-state index is 12.3. The Morgan fingerprint density at radius 2 is 2.04 bits per heavy atom. The first-order chi connectivity index (χ1) is 12.7. The predicted molar refractivity (Wildman–Crippen MR) is 94.5 cm³/mol. The zero-order chi connectivity index (χ0) is 18.0. The van der Waals surface area contributed by atoms with Gasteiger partial charge in [0, 0.05) is 0 Å². The van der Waals surface area contributed by atoms with E-state index in [4.69, 9.17) is 23.4 Å². The summed E-state index contributed by atoms with van der Waals surface area (Å²) in [6.45, 7) is 5.20. The number of unbranched alkanes of at least 4 members (excludes halogenated alkanes) is 1. The van der Waals surface area contributed by atoms with E-state index in [1.807, 2.05) is 12.1 Å². The molecule has 7 nitrogen and oxygen atoms in total. The first kappa shape index (κ1) is 17.8. The lowest BCUT2D eigenvalue weighted by Crippen LogP contribution is -2.59. The summed E-state index contributed by atoms with van der Waals surface area (Å²) >= 11 is 0. The molecule has 4 rings (SSSR count). The molecule has 1 aromatic carbocycles. The van der Waals surface area contributed by atoms with E-state index < -0.39 is 6.89 Å². The molecule has 3 aliphatic rings. The molecule has 26 heavy (non-hydrogen) atoms. The van der Waals surface area contributed by atoms with Gasteiger partial charge in [-0.1, -0.05) is 25.5 Å². The zero-order valence-corrected chi connectivity index (χ0v) is 15.2. The fourth-order valence-corrected chi connectivity index (χ4v) is 4.19. The molecule has 3 saturated heterocycles. The molecule has 0 saturated carbocycles. The highest BCUT2D eigenvalue weighted by Gasteiger charge is 2.66. The summed E-state index contributed by atoms with van der Waals surface area (Å²) in [4.78, 5) is 12.3. The summed E-state index contributed by atoms with van der Waals surface area (Å²) in [6, 6.07) is 7.17. The normalized spacial score (nSPS) is 32.3. The van der Waals surface area contributed by atoms with Gasteiger partial charge in [-0.05, 0) is 18.6 Å². The van der Waals surface area contributed by atoms with Crippen molar-refractivity contribution in [3.8, 4) is 5.75 Å². The van der Waals surface area contributed by atoms with Crippen LogP contribution in [0.25, 0.3) is 0 Å². The summed E-state index contributed by atoms with van der Waals surface area (Å²) in [5, 5.41) is 0. The van der Waals surface area contributed by atoms with E-state index in [9.17, 15) is 4.79 Å². The molecule has 3 aliphatic heterocycles. The van der Waals surface area contributed by atoms with Crippen LogP contribution in [0.3, 0.4) is 0 Å². The quantitative estimate of drug-likeness (QED) is 0.418. The maximum Gasteiger partial charge on any atom is 0.625 e. The molecular weight excluding hydrogens is 337 g/mol. The highest BCUT2D eigenvalue weighted by atomic mass is 16.8. The van der Waals surface area contributed by atoms with E-state index in [-0.39, 0.29) is 12.1 Å². The van der Waals surface area contributed by atoms with Crippen molar-refractivity contribution in [1.82, 2.24) is 0 Å². The number of hydrogen-bond donors (Lipinski definition) is 0. The molecule has 142 valence electrons. The molecule has 0 aliphatic carbocycles. The van der Waals surface area contributed by atoms with Crippen LogP contribution in [-0.2, 0) is 18.7 Å². The number of carbonyl (C=O) groups excluding carboxylic acids is 1. The Morgan fingerprint density at radius 1 is 1.27 bits per heavy atom. The van der Waals surface area contributed by atoms with Crippen LogP contribution < -0.4 is 4.74 Å². The molecule has 8 heteroatoms. The van der Waals surface area contributed by atoms with Crippen LogP contribution in [0.2, 0.25) is 0 Å². The van der Waals surface area contributed by atoms with E-state index in [2.05, 4.69) is 6.92 Å². The average Bonchev–Trinajstić information content (AvgIpc) is 3.22. The molecule has 1 unspecified atom stereocenters. The summed E-state index contributed by atoms with van der Waals surface area (Å²) in [7, 11) is 0. The van der Waals surface area contributed by atoms with Crippen molar-refractivity contribution in [1.29, 1.82) is 0 Å². The predicted octanol–water partition coefficient (Wildman–Crippen LogP) is 1.73. The first-order valence-electron chi connectivity index (χ1n) is 9.52. The van der Waals surface area contributed by atoms with E-state index in [1.165, 1.54) is 0 Å². The van der Waals surface area contributed by atoms with Crippen molar-refractivity contribution in [2.24, 2.45) is 0 Å². The Kier molecular flexibility index (Phi) is 4.92. The minimum Gasteiger partial charge on any atom is -0.490 e.